The fourth-order valence-electron chi connectivity index (χ4n) is 5.90. The van der Waals surface area contributed by atoms with Crippen molar-refractivity contribution in [3.63, 3.8) is 0 Å². The summed E-state index contributed by atoms with van der Waals surface area (Å²) in [5, 5.41) is 0. The molecular weight excluding hydrogens is 490 g/mol. The van der Waals surface area contributed by atoms with Gasteiger partial charge in [-0.15, -0.1) is 0 Å². The summed E-state index contributed by atoms with van der Waals surface area (Å²) >= 11 is 0. The highest BCUT2D eigenvalue weighted by atomic mass is 16.5. The minimum atomic E-state index is -0.427. The second-order valence-corrected chi connectivity index (χ2v) is 11.0. The molecule has 0 spiro atoms. The average Bonchev–Trinajstić information content (AvgIpc) is 3.50. The molecule has 1 aliphatic heterocycles. The van der Waals surface area contributed by atoms with Crippen LogP contribution >= 0.6 is 0 Å². The third-order valence-electron chi connectivity index (χ3n) is 8.34. The van der Waals surface area contributed by atoms with Gasteiger partial charge in [0.2, 0.25) is 0 Å². The fraction of sp³-hybridized carbons (Fsp3) is 0.515. The van der Waals surface area contributed by atoms with Crippen molar-refractivity contribution in [2.75, 3.05) is 26.8 Å². The van der Waals surface area contributed by atoms with Gasteiger partial charge >= 0.3 is 0 Å². The van der Waals surface area contributed by atoms with Crippen LogP contribution in [0, 0.1) is 11.8 Å². The highest BCUT2D eigenvalue weighted by molar-refractivity contribution is 5.80. The molecule has 2 aromatic carbocycles. The fourth-order valence-corrected chi connectivity index (χ4v) is 5.90. The SMILES string of the molecule is COc1ccc(C2(C#Cc3ccc(OCC(=O)N4CCCCC4)cc3)CCC(=O)CC2)cc1OC1CCCC1. The number of amides is 1. The van der Waals surface area contributed by atoms with Crippen molar-refractivity contribution in [2.24, 2.45) is 0 Å². The van der Waals surface area contributed by atoms with Crippen LogP contribution in [-0.4, -0.2) is 49.5 Å². The smallest absolute Gasteiger partial charge is 0.260 e. The Morgan fingerprint density at radius 3 is 2.36 bits per heavy atom. The van der Waals surface area contributed by atoms with Gasteiger partial charge in [-0.05, 0) is 99.7 Å². The maximum atomic E-state index is 12.4. The van der Waals surface area contributed by atoms with E-state index in [1.807, 2.05) is 35.2 Å². The number of hydrogen-bond acceptors (Lipinski definition) is 5. The second kappa shape index (κ2) is 12.6. The first kappa shape index (κ1) is 27.1. The maximum absolute atomic E-state index is 12.4. The van der Waals surface area contributed by atoms with Crippen LogP contribution in [0.2, 0.25) is 0 Å². The normalized spacial score (nSPS) is 19.2. The lowest BCUT2D eigenvalue weighted by Gasteiger charge is -2.33. The molecule has 0 unspecified atom stereocenters. The molecule has 2 saturated carbocycles. The Hall–Kier alpha value is -3.46. The molecule has 1 saturated heterocycles. The molecule has 2 aromatic rings. The van der Waals surface area contributed by atoms with Crippen molar-refractivity contribution in [1.29, 1.82) is 0 Å². The van der Waals surface area contributed by atoms with Crippen LogP contribution in [0.25, 0.3) is 0 Å². The highest BCUT2D eigenvalue weighted by Gasteiger charge is 2.36. The van der Waals surface area contributed by atoms with Crippen molar-refractivity contribution in [3.05, 3.63) is 53.6 Å². The van der Waals surface area contributed by atoms with Crippen LogP contribution in [0.5, 0.6) is 17.2 Å². The van der Waals surface area contributed by atoms with E-state index in [2.05, 4.69) is 24.0 Å². The molecular formula is C33H39NO5. The summed E-state index contributed by atoms with van der Waals surface area (Å²) in [6, 6.07) is 13.7. The number of rotatable bonds is 7. The number of carbonyl (C=O) groups excluding carboxylic acids is 2. The van der Waals surface area contributed by atoms with Crippen molar-refractivity contribution >= 4 is 11.7 Å². The summed E-state index contributed by atoms with van der Waals surface area (Å²) in [5.41, 5.74) is 1.52. The van der Waals surface area contributed by atoms with Crippen molar-refractivity contribution in [2.45, 2.75) is 82.1 Å². The summed E-state index contributed by atoms with van der Waals surface area (Å²) in [6.07, 6.45) is 10.5. The molecule has 0 bridgehead atoms. The van der Waals surface area contributed by atoms with E-state index in [9.17, 15) is 9.59 Å². The maximum Gasteiger partial charge on any atom is 0.260 e. The third-order valence-corrected chi connectivity index (χ3v) is 8.34. The number of ether oxygens (including phenoxy) is 3. The number of nitrogens with zero attached hydrogens (tertiary/aromatic N) is 1. The van der Waals surface area contributed by atoms with Gasteiger partial charge in [-0.3, -0.25) is 9.59 Å². The van der Waals surface area contributed by atoms with Crippen molar-refractivity contribution in [3.8, 4) is 29.1 Å². The largest absolute Gasteiger partial charge is 0.493 e. The predicted molar refractivity (Wildman–Crippen MR) is 150 cm³/mol. The van der Waals surface area contributed by atoms with Gasteiger partial charge in [-0.25, -0.2) is 0 Å². The van der Waals surface area contributed by atoms with E-state index in [1.165, 1.54) is 19.3 Å². The topological polar surface area (TPSA) is 65.1 Å². The van der Waals surface area contributed by atoms with Crippen LogP contribution in [0.3, 0.4) is 0 Å². The van der Waals surface area contributed by atoms with Crippen LogP contribution in [0.4, 0.5) is 0 Å². The molecule has 6 nitrogen and oxygen atoms in total. The first-order valence-corrected chi connectivity index (χ1v) is 14.5. The van der Waals surface area contributed by atoms with Gasteiger partial charge < -0.3 is 19.1 Å². The molecule has 0 aromatic heterocycles. The summed E-state index contributed by atoms with van der Waals surface area (Å²) in [4.78, 5) is 26.5. The second-order valence-electron chi connectivity index (χ2n) is 11.0. The molecule has 0 atom stereocenters. The van der Waals surface area contributed by atoms with Gasteiger partial charge in [0.25, 0.3) is 5.91 Å². The molecule has 5 rings (SSSR count). The van der Waals surface area contributed by atoms with Crippen LogP contribution in [-0.2, 0) is 15.0 Å². The van der Waals surface area contributed by atoms with Gasteiger partial charge in [0, 0.05) is 31.5 Å². The number of Topliss-reactive ketones (excluding diaryl/α,β-unsaturated/α-hetero) is 1. The Morgan fingerprint density at radius 2 is 1.67 bits per heavy atom. The lowest BCUT2D eigenvalue weighted by molar-refractivity contribution is -0.134. The molecule has 0 N–H and O–H groups in total. The summed E-state index contributed by atoms with van der Waals surface area (Å²) in [5.74, 6) is 9.42. The van der Waals surface area contributed by atoms with E-state index in [-0.39, 0.29) is 18.6 Å². The first-order valence-electron chi connectivity index (χ1n) is 14.5. The minimum Gasteiger partial charge on any atom is -0.493 e. The van der Waals surface area contributed by atoms with Gasteiger partial charge in [-0.2, -0.15) is 0 Å². The summed E-state index contributed by atoms with van der Waals surface area (Å²) < 4.78 is 17.7. The van der Waals surface area contributed by atoms with E-state index in [1.54, 1.807) is 7.11 Å². The van der Waals surface area contributed by atoms with E-state index in [0.29, 0.717) is 37.2 Å². The standard InChI is InChI=1S/C33H39NO5/c1-37-30-14-11-26(23-31(30)39-29-7-3-4-8-29)33(19-16-27(35)17-20-33)18-15-25-9-12-28(13-10-25)38-24-32(36)34-21-5-2-6-22-34/h9-14,23,29H,2-8,16-17,19-22,24H2,1H3. The molecule has 6 heteroatoms. The van der Waals surface area contributed by atoms with Crippen molar-refractivity contribution < 1.29 is 23.8 Å². The number of methoxy groups -OCH3 is 1. The Morgan fingerprint density at radius 1 is 0.949 bits per heavy atom. The van der Waals surface area contributed by atoms with Gasteiger partial charge in [0.15, 0.2) is 18.1 Å². The Bertz CT molecular complexity index is 1200. The summed E-state index contributed by atoms with van der Waals surface area (Å²) in [7, 11) is 1.67. The highest BCUT2D eigenvalue weighted by Crippen LogP contribution is 2.42. The van der Waals surface area contributed by atoms with E-state index in [0.717, 1.165) is 61.4 Å². The number of carbonyl (C=O) groups is 2. The quantitative estimate of drug-likeness (QED) is 0.422. The van der Waals surface area contributed by atoms with E-state index in [4.69, 9.17) is 14.2 Å². The lowest BCUT2D eigenvalue weighted by atomic mass is 9.69. The first-order chi connectivity index (χ1) is 19.0. The number of benzene rings is 2. The number of ketones is 1. The molecule has 3 fully saturated rings. The van der Waals surface area contributed by atoms with Gasteiger partial charge in [0.05, 0.1) is 18.6 Å². The number of likely N-dealkylation sites (tertiary alicyclic amines) is 1. The van der Waals surface area contributed by atoms with Crippen LogP contribution < -0.4 is 14.2 Å². The lowest BCUT2D eigenvalue weighted by Crippen LogP contribution is -2.38. The summed E-state index contributed by atoms with van der Waals surface area (Å²) in [6.45, 7) is 1.71. The molecule has 1 heterocycles. The van der Waals surface area contributed by atoms with Gasteiger partial charge in [-0.1, -0.05) is 17.9 Å². The minimum absolute atomic E-state index is 0.0446. The third kappa shape index (κ3) is 6.76. The molecule has 39 heavy (non-hydrogen) atoms. The monoisotopic (exact) mass is 529 g/mol. The Kier molecular flexibility index (Phi) is 8.76. The van der Waals surface area contributed by atoms with Crippen LogP contribution in [0.15, 0.2) is 42.5 Å². The van der Waals surface area contributed by atoms with Gasteiger partial charge in [0.1, 0.15) is 11.5 Å². The van der Waals surface area contributed by atoms with Crippen molar-refractivity contribution in [1.82, 2.24) is 4.90 Å². The molecule has 3 aliphatic rings. The van der Waals surface area contributed by atoms with Crippen LogP contribution in [0.1, 0.15) is 81.8 Å². The molecule has 2 aliphatic carbocycles. The Balaban J connectivity index is 1.32. The van der Waals surface area contributed by atoms with E-state index < -0.39 is 5.41 Å². The zero-order valence-electron chi connectivity index (χ0n) is 23.0. The predicted octanol–water partition coefficient (Wildman–Crippen LogP) is 5.84. The zero-order chi connectivity index (χ0) is 27.1. The number of piperidine rings is 1. The average molecular weight is 530 g/mol. The molecule has 1 amide bonds. The molecule has 206 valence electrons. The number of hydrogen-bond donors (Lipinski definition) is 0. The Labute approximate surface area is 232 Å². The van der Waals surface area contributed by atoms with E-state index >= 15 is 0 Å². The zero-order valence-corrected chi connectivity index (χ0v) is 23.0. The molecule has 0 radical (unpaired) electrons.